The molecule has 1 saturated carbocycles. The van der Waals surface area contributed by atoms with Crippen LogP contribution in [0, 0.1) is 0 Å². The molecule has 0 atom stereocenters. The molecule has 0 aromatic heterocycles. The summed E-state index contributed by atoms with van der Waals surface area (Å²) in [4.78, 5) is 0.0633. The average molecular weight is 319 g/mol. The van der Waals surface area contributed by atoms with Crippen LogP contribution >= 0.6 is 0 Å². The maximum atomic E-state index is 12.2. The molecule has 0 saturated heterocycles. The highest BCUT2D eigenvalue weighted by Crippen LogP contribution is 2.21. The number of alkyl halides is 2. The highest BCUT2D eigenvalue weighted by molar-refractivity contribution is 7.89. The molecule has 1 aliphatic carbocycles. The predicted molar refractivity (Wildman–Crippen MR) is 74.9 cm³/mol. The maximum Gasteiger partial charge on any atom is 0.387 e. The number of ether oxygens (including phenoxy) is 1. The lowest BCUT2D eigenvalue weighted by Crippen LogP contribution is -2.34. The summed E-state index contributed by atoms with van der Waals surface area (Å²) in [6.07, 6.45) is 6.00. The normalized spacial score (nSPS) is 17.7. The van der Waals surface area contributed by atoms with Gasteiger partial charge >= 0.3 is 6.61 Å². The Morgan fingerprint density at radius 2 is 1.62 bits per heavy atom. The van der Waals surface area contributed by atoms with Crippen LogP contribution in [0.15, 0.2) is 29.2 Å². The van der Waals surface area contributed by atoms with Crippen molar-refractivity contribution >= 4 is 10.0 Å². The summed E-state index contributed by atoms with van der Waals surface area (Å²) in [6.45, 7) is -2.92. The lowest BCUT2D eigenvalue weighted by molar-refractivity contribution is -0.0498. The molecule has 1 fully saturated rings. The lowest BCUT2D eigenvalue weighted by atomic mass is 10.1. The topological polar surface area (TPSA) is 55.4 Å². The van der Waals surface area contributed by atoms with Gasteiger partial charge in [-0.1, -0.05) is 25.7 Å². The Labute approximate surface area is 123 Å². The van der Waals surface area contributed by atoms with Crippen molar-refractivity contribution in [3.05, 3.63) is 24.3 Å². The maximum absolute atomic E-state index is 12.2. The SMILES string of the molecule is O=S(=O)(NC1CCCCCC1)c1ccc(OC(F)F)cc1. The van der Waals surface area contributed by atoms with Gasteiger partial charge in [-0.2, -0.15) is 8.78 Å². The molecule has 118 valence electrons. The van der Waals surface area contributed by atoms with Crippen LogP contribution in [-0.2, 0) is 10.0 Å². The van der Waals surface area contributed by atoms with Crippen molar-refractivity contribution in [2.75, 3.05) is 0 Å². The zero-order chi connectivity index (χ0) is 15.3. The van der Waals surface area contributed by atoms with E-state index in [9.17, 15) is 17.2 Å². The molecule has 1 aliphatic rings. The number of rotatable bonds is 5. The number of nitrogens with one attached hydrogen (secondary N) is 1. The summed E-state index contributed by atoms with van der Waals surface area (Å²) in [7, 11) is -3.61. The second-order valence-corrected chi connectivity index (χ2v) is 6.87. The first-order valence-corrected chi connectivity index (χ1v) is 8.53. The minimum absolute atomic E-state index is 0.0468. The number of sulfonamides is 1. The molecule has 0 aliphatic heterocycles. The monoisotopic (exact) mass is 319 g/mol. The van der Waals surface area contributed by atoms with Crippen molar-refractivity contribution < 1.29 is 21.9 Å². The highest BCUT2D eigenvalue weighted by Gasteiger charge is 2.21. The summed E-state index contributed by atoms with van der Waals surface area (Å²) in [6, 6.07) is 4.96. The third-order valence-corrected chi connectivity index (χ3v) is 5.07. The van der Waals surface area contributed by atoms with Crippen LogP contribution in [0.2, 0.25) is 0 Å². The molecule has 0 bridgehead atoms. The minimum Gasteiger partial charge on any atom is -0.435 e. The van der Waals surface area contributed by atoms with E-state index in [2.05, 4.69) is 9.46 Å². The average Bonchev–Trinajstić information content (AvgIpc) is 2.67. The first-order chi connectivity index (χ1) is 9.97. The molecule has 0 spiro atoms. The molecule has 0 radical (unpaired) electrons. The largest absolute Gasteiger partial charge is 0.435 e. The van der Waals surface area contributed by atoms with E-state index in [0.717, 1.165) is 38.5 Å². The molecule has 21 heavy (non-hydrogen) atoms. The molecule has 4 nitrogen and oxygen atoms in total. The minimum atomic E-state index is -3.61. The van der Waals surface area contributed by atoms with Gasteiger partial charge in [0.2, 0.25) is 10.0 Å². The zero-order valence-electron chi connectivity index (χ0n) is 11.6. The van der Waals surface area contributed by atoms with Crippen LogP contribution in [0.4, 0.5) is 8.78 Å². The molecule has 1 N–H and O–H groups in total. The third-order valence-electron chi connectivity index (χ3n) is 3.54. The van der Waals surface area contributed by atoms with Crippen molar-refractivity contribution in [3.8, 4) is 5.75 Å². The van der Waals surface area contributed by atoms with Crippen molar-refractivity contribution in [1.29, 1.82) is 0 Å². The molecule has 0 amide bonds. The summed E-state index contributed by atoms with van der Waals surface area (Å²) in [5.74, 6) is -0.0570. The van der Waals surface area contributed by atoms with Crippen LogP contribution < -0.4 is 9.46 Å². The zero-order valence-corrected chi connectivity index (χ0v) is 12.4. The molecular formula is C14H19F2NO3S. The molecular weight excluding hydrogens is 300 g/mol. The lowest BCUT2D eigenvalue weighted by Gasteiger charge is -2.16. The van der Waals surface area contributed by atoms with Gasteiger partial charge in [0, 0.05) is 6.04 Å². The van der Waals surface area contributed by atoms with E-state index < -0.39 is 16.6 Å². The van der Waals surface area contributed by atoms with Crippen molar-refractivity contribution in [3.63, 3.8) is 0 Å². The number of hydrogen-bond donors (Lipinski definition) is 1. The van der Waals surface area contributed by atoms with Crippen molar-refractivity contribution in [1.82, 2.24) is 4.72 Å². The number of halogens is 2. The van der Waals surface area contributed by atoms with Crippen LogP contribution in [-0.4, -0.2) is 21.1 Å². The second-order valence-electron chi connectivity index (χ2n) is 5.16. The number of hydrogen-bond acceptors (Lipinski definition) is 3. The van der Waals surface area contributed by atoms with Crippen LogP contribution in [0.3, 0.4) is 0 Å². The van der Waals surface area contributed by atoms with E-state index in [-0.39, 0.29) is 16.7 Å². The first-order valence-electron chi connectivity index (χ1n) is 7.04. The molecule has 2 rings (SSSR count). The van der Waals surface area contributed by atoms with Gasteiger partial charge in [-0.05, 0) is 37.1 Å². The molecule has 7 heteroatoms. The Morgan fingerprint density at radius 1 is 1.05 bits per heavy atom. The van der Waals surface area contributed by atoms with E-state index in [1.54, 1.807) is 0 Å². The van der Waals surface area contributed by atoms with E-state index in [1.165, 1.54) is 24.3 Å². The smallest absolute Gasteiger partial charge is 0.387 e. The molecule has 0 heterocycles. The summed E-state index contributed by atoms with van der Waals surface area (Å²) >= 11 is 0. The first kappa shape index (κ1) is 16.2. The van der Waals surface area contributed by atoms with E-state index in [4.69, 9.17) is 0 Å². The Bertz CT molecular complexity index is 538. The second kappa shape index (κ2) is 7.17. The fourth-order valence-electron chi connectivity index (χ4n) is 2.48. The van der Waals surface area contributed by atoms with Crippen LogP contribution in [0.5, 0.6) is 5.75 Å². The highest BCUT2D eigenvalue weighted by atomic mass is 32.2. The van der Waals surface area contributed by atoms with Gasteiger partial charge in [0.25, 0.3) is 0 Å². The number of benzene rings is 1. The summed E-state index contributed by atoms with van der Waals surface area (Å²) in [5, 5.41) is 0. The fourth-order valence-corrected chi connectivity index (χ4v) is 3.79. The van der Waals surface area contributed by atoms with E-state index in [0.29, 0.717) is 0 Å². The Balaban J connectivity index is 2.04. The van der Waals surface area contributed by atoms with Gasteiger partial charge in [-0.15, -0.1) is 0 Å². The molecule has 1 aromatic rings. The molecule has 1 aromatic carbocycles. The Morgan fingerprint density at radius 3 is 2.14 bits per heavy atom. The van der Waals surface area contributed by atoms with Crippen molar-refractivity contribution in [2.45, 2.75) is 56.1 Å². The van der Waals surface area contributed by atoms with Gasteiger partial charge in [0.1, 0.15) is 5.75 Å². The standard InChI is InChI=1S/C14H19F2NO3S/c15-14(16)20-12-7-9-13(10-8-12)21(18,19)17-11-5-3-1-2-4-6-11/h7-11,14,17H,1-6H2. The van der Waals surface area contributed by atoms with Gasteiger partial charge < -0.3 is 4.74 Å². The summed E-state index contributed by atoms with van der Waals surface area (Å²) < 4.78 is 55.5. The summed E-state index contributed by atoms with van der Waals surface area (Å²) in [5.41, 5.74) is 0. The molecule has 0 unspecified atom stereocenters. The van der Waals surface area contributed by atoms with E-state index >= 15 is 0 Å². The predicted octanol–water partition coefficient (Wildman–Crippen LogP) is 3.29. The van der Waals surface area contributed by atoms with Crippen LogP contribution in [0.25, 0.3) is 0 Å². The Kier molecular flexibility index (Phi) is 5.52. The quantitative estimate of drug-likeness (QED) is 0.847. The van der Waals surface area contributed by atoms with Crippen LogP contribution in [0.1, 0.15) is 38.5 Å². The van der Waals surface area contributed by atoms with Crippen molar-refractivity contribution in [2.24, 2.45) is 0 Å². The third kappa shape index (κ3) is 4.93. The van der Waals surface area contributed by atoms with Gasteiger partial charge in [0.05, 0.1) is 4.90 Å². The fraction of sp³-hybridized carbons (Fsp3) is 0.571. The van der Waals surface area contributed by atoms with Gasteiger partial charge in [0.15, 0.2) is 0 Å². The Hall–Kier alpha value is -1.21. The van der Waals surface area contributed by atoms with Gasteiger partial charge in [-0.3, -0.25) is 0 Å². The van der Waals surface area contributed by atoms with E-state index in [1.807, 2.05) is 0 Å². The van der Waals surface area contributed by atoms with Gasteiger partial charge in [-0.25, -0.2) is 13.1 Å².